The lowest BCUT2D eigenvalue weighted by Crippen LogP contribution is -2.32. The zero-order chi connectivity index (χ0) is 15.2. The molecular formula is C16H23ClN2O2. The molecule has 1 aromatic carbocycles. The Hall–Kier alpha value is -1.26. The molecule has 1 saturated heterocycles. The van der Waals surface area contributed by atoms with Gasteiger partial charge in [-0.05, 0) is 63.9 Å². The van der Waals surface area contributed by atoms with Gasteiger partial charge in [0.1, 0.15) is 5.75 Å². The quantitative estimate of drug-likeness (QED) is 0.875. The van der Waals surface area contributed by atoms with Gasteiger partial charge in [-0.15, -0.1) is 0 Å². The van der Waals surface area contributed by atoms with Crippen LogP contribution in [0.15, 0.2) is 18.2 Å². The maximum absolute atomic E-state index is 12.0. The van der Waals surface area contributed by atoms with Crippen molar-refractivity contribution in [2.75, 3.05) is 18.4 Å². The molecule has 0 spiro atoms. The molecule has 1 atom stereocenters. The van der Waals surface area contributed by atoms with Gasteiger partial charge in [0.05, 0.1) is 11.1 Å². The number of benzene rings is 1. The number of hydrogen-bond donors (Lipinski definition) is 2. The highest BCUT2D eigenvalue weighted by Crippen LogP contribution is 2.28. The first kappa shape index (κ1) is 16.1. The van der Waals surface area contributed by atoms with Crippen molar-refractivity contribution in [2.24, 2.45) is 5.92 Å². The molecule has 2 rings (SSSR count). The number of piperidine rings is 1. The van der Waals surface area contributed by atoms with E-state index < -0.39 is 0 Å². The second-order valence-electron chi connectivity index (χ2n) is 5.78. The van der Waals surface area contributed by atoms with Crippen LogP contribution in [-0.2, 0) is 4.79 Å². The average Bonchev–Trinajstić information content (AvgIpc) is 2.42. The molecule has 1 aliphatic heterocycles. The lowest BCUT2D eigenvalue weighted by Gasteiger charge is -2.22. The van der Waals surface area contributed by atoms with Gasteiger partial charge in [0, 0.05) is 12.1 Å². The highest BCUT2D eigenvalue weighted by atomic mass is 35.5. The van der Waals surface area contributed by atoms with Crippen LogP contribution in [0.4, 0.5) is 5.69 Å². The Balaban J connectivity index is 1.89. The number of halogens is 1. The smallest absolute Gasteiger partial charge is 0.224 e. The lowest BCUT2D eigenvalue weighted by atomic mass is 9.96. The molecule has 0 saturated carbocycles. The van der Waals surface area contributed by atoms with Crippen LogP contribution in [0.1, 0.15) is 33.1 Å². The van der Waals surface area contributed by atoms with Crippen molar-refractivity contribution in [1.82, 2.24) is 5.32 Å². The van der Waals surface area contributed by atoms with E-state index in [9.17, 15) is 4.79 Å². The van der Waals surface area contributed by atoms with E-state index in [2.05, 4.69) is 10.6 Å². The summed E-state index contributed by atoms with van der Waals surface area (Å²) in [4.78, 5) is 12.0. The standard InChI is InChI=1S/C16H23ClN2O2/c1-11(2)21-15-6-5-13(9-14(15)17)19-16(20)8-12-4-3-7-18-10-12/h5-6,9,11-12,18H,3-4,7-8,10H2,1-2H3,(H,19,20). The number of anilines is 1. The van der Waals surface area contributed by atoms with Gasteiger partial charge in [-0.2, -0.15) is 0 Å². The van der Waals surface area contributed by atoms with Gasteiger partial charge in [-0.3, -0.25) is 4.79 Å². The molecule has 2 N–H and O–H groups in total. The second-order valence-corrected chi connectivity index (χ2v) is 6.18. The van der Waals surface area contributed by atoms with Crippen LogP contribution in [0.5, 0.6) is 5.75 Å². The summed E-state index contributed by atoms with van der Waals surface area (Å²) in [5, 5.41) is 6.74. The lowest BCUT2D eigenvalue weighted by molar-refractivity contribution is -0.117. The third-order valence-electron chi connectivity index (χ3n) is 3.45. The van der Waals surface area contributed by atoms with Crippen LogP contribution >= 0.6 is 11.6 Å². The number of amides is 1. The molecule has 0 aromatic heterocycles. The van der Waals surface area contributed by atoms with Crippen LogP contribution in [0.25, 0.3) is 0 Å². The summed E-state index contributed by atoms with van der Waals surface area (Å²) in [6.07, 6.45) is 2.88. The molecule has 4 nitrogen and oxygen atoms in total. The van der Waals surface area contributed by atoms with Crippen LogP contribution in [-0.4, -0.2) is 25.1 Å². The van der Waals surface area contributed by atoms with Crippen molar-refractivity contribution in [3.63, 3.8) is 0 Å². The van der Waals surface area contributed by atoms with Gasteiger partial charge in [-0.25, -0.2) is 0 Å². The molecule has 1 fully saturated rings. The first-order valence-electron chi connectivity index (χ1n) is 7.51. The Kier molecular flexibility index (Phi) is 5.88. The molecule has 1 heterocycles. The summed E-state index contributed by atoms with van der Waals surface area (Å²) >= 11 is 6.16. The minimum Gasteiger partial charge on any atom is -0.489 e. The molecule has 0 bridgehead atoms. The number of nitrogens with one attached hydrogen (secondary N) is 2. The second kappa shape index (κ2) is 7.66. The van der Waals surface area contributed by atoms with Crippen LogP contribution in [0, 0.1) is 5.92 Å². The minimum atomic E-state index is 0.0392. The fourth-order valence-electron chi connectivity index (χ4n) is 2.50. The van der Waals surface area contributed by atoms with E-state index in [1.165, 1.54) is 0 Å². The molecule has 21 heavy (non-hydrogen) atoms. The van der Waals surface area contributed by atoms with Gasteiger partial charge in [0.25, 0.3) is 0 Å². The molecular weight excluding hydrogens is 288 g/mol. The first-order chi connectivity index (χ1) is 10.0. The maximum Gasteiger partial charge on any atom is 0.224 e. The Morgan fingerprint density at radius 2 is 2.33 bits per heavy atom. The molecule has 116 valence electrons. The van der Waals surface area contributed by atoms with Crippen molar-refractivity contribution < 1.29 is 9.53 Å². The average molecular weight is 311 g/mol. The van der Waals surface area contributed by atoms with E-state index >= 15 is 0 Å². The predicted molar refractivity (Wildman–Crippen MR) is 86.1 cm³/mol. The van der Waals surface area contributed by atoms with E-state index in [1.807, 2.05) is 19.9 Å². The van der Waals surface area contributed by atoms with Gasteiger partial charge in [0.15, 0.2) is 0 Å². The molecule has 1 unspecified atom stereocenters. The molecule has 1 aromatic rings. The summed E-state index contributed by atoms with van der Waals surface area (Å²) in [6, 6.07) is 5.34. The van der Waals surface area contributed by atoms with Gasteiger partial charge in [0.2, 0.25) is 5.91 Å². The van der Waals surface area contributed by atoms with Crippen molar-refractivity contribution in [1.29, 1.82) is 0 Å². The van der Waals surface area contributed by atoms with Crippen LogP contribution in [0.3, 0.4) is 0 Å². The fourth-order valence-corrected chi connectivity index (χ4v) is 2.73. The van der Waals surface area contributed by atoms with E-state index in [-0.39, 0.29) is 12.0 Å². The molecule has 1 amide bonds. The van der Waals surface area contributed by atoms with Crippen LogP contribution < -0.4 is 15.4 Å². The third-order valence-corrected chi connectivity index (χ3v) is 3.75. The molecule has 0 aliphatic carbocycles. The number of rotatable bonds is 5. The Morgan fingerprint density at radius 1 is 1.52 bits per heavy atom. The molecule has 1 aliphatic rings. The first-order valence-corrected chi connectivity index (χ1v) is 7.89. The van der Waals surface area contributed by atoms with E-state index in [0.29, 0.717) is 28.8 Å². The van der Waals surface area contributed by atoms with Crippen molar-refractivity contribution in [3.8, 4) is 5.75 Å². The predicted octanol–water partition coefficient (Wildman–Crippen LogP) is 3.46. The zero-order valence-corrected chi connectivity index (χ0v) is 13.4. The number of ether oxygens (including phenoxy) is 1. The number of hydrogen-bond acceptors (Lipinski definition) is 3. The summed E-state index contributed by atoms with van der Waals surface area (Å²) in [5.41, 5.74) is 0.713. The minimum absolute atomic E-state index is 0.0392. The fraction of sp³-hybridized carbons (Fsp3) is 0.562. The monoisotopic (exact) mass is 310 g/mol. The highest BCUT2D eigenvalue weighted by Gasteiger charge is 2.17. The van der Waals surface area contributed by atoms with Crippen LogP contribution in [0.2, 0.25) is 5.02 Å². The summed E-state index contributed by atoms with van der Waals surface area (Å²) in [5.74, 6) is 1.11. The Morgan fingerprint density at radius 3 is 2.95 bits per heavy atom. The summed E-state index contributed by atoms with van der Waals surface area (Å²) in [7, 11) is 0. The van der Waals surface area contributed by atoms with Crippen molar-refractivity contribution in [3.05, 3.63) is 23.2 Å². The largest absolute Gasteiger partial charge is 0.489 e. The summed E-state index contributed by atoms with van der Waals surface area (Å²) < 4.78 is 5.57. The molecule has 0 radical (unpaired) electrons. The Bertz CT molecular complexity index is 485. The van der Waals surface area contributed by atoms with E-state index in [1.54, 1.807) is 12.1 Å². The highest BCUT2D eigenvalue weighted by molar-refractivity contribution is 6.32. The normalized spacial score (nSPS) is 18.6. The zero-order valence-electron chi connectivity index (χ0n) is 12.6. The van der Waals surface area contributed by atoms with Crippen molar-refractivity contribution >= 4 is 23.2 Å². The van der Waals surface area contributed by atoms with E-state index in [0.717, 1.165) is 25.9 Å². The number of carbonyl (C=O) groups excluding carboxylic acids is 1. The van der Waals surface area contributed by atoms with Gasteiger partial charge in [-0.1, -0.05) is 11.6 Å². The third kappa shape index (κ3) is 5.21. The van der Waals surface area contributed by atoms with Crippen molar-refractivity contribution in [2.45, 2.75) is 39.2 Å². The SMILES string of the molecule is CC(C)Oc1ccc(NC(=O)CC2CCCNC2)cc1Cl. The molecule has 5 heteroatoms. The Labute approximate surface area is 131 Å². The van der Waals surface area contributed by atoms with Gasteiger partial charge >= 0.3 is 0 Å². The van der Waals surface area contributed by atoms with E-state index in [4.69, 9.17) is 16.3 Å². The summed E-state index contributed by atoms with van der Waals surface area (Å²) in [6.45, 7) is 5.88. The topological polar surface area (TPSA) is 50.4 Å². The number of carbonyl (C=O) groups is 1. The van der Waals surface area contributed by atoms with Gasteiger partial charge < -0.3 is 15.4 Å². The maximum atomic E-state index is 12.0.